The number of nitrogens with two attached hydrogens (primary N) is 5. The maximum atomic E-state index is 7.25. The molecule has 0 aromatic heterocycles. The molecule has 0 aromatic carbocycles. The fraction of sp³-hybridized carbons (Fsp3) is 0. The Hall–Kier alpha value is 0.963. The normalized spacial score (nSPS) is 0.182. The Kier molecular flexibility index (Phi) is 39800. The number of hydrogen-bond acceptors (Lipinski definition) is 1. The molecule has 0 aromatic rings. The van der Waals surface area contributed by atoms with Crippen LogP contribution < -0.4 is 37.2 Å². The largest absolute Gasteiger partial charge is 8.00 e. The van der Waals surface area contributed by atoms with Crippen molar-refractivity contribution in [1.82, 2.24) is 0 Å². The van der Waals surface area contributed by atoms with Crippen LogP contribution in [0.2, 0.25) is 0 Å². The zero-order valence-electron chi connectivity index (χ0n) is 5.23. The summed E-state index contributed by atoms with van der Waals surface area (Å²) in [4.78, 5) is 0. The van der Waals surface area contributed by atoms with Gasteiger partial charge in [0.25, 0.3) is 0 Å². The summed E-state index contributed by atoms with van der Waals surface area (Å²) in [6.45, 7) is 0. The van der Waals surface area contributed by atoms with Crippen LogP contribution in [0, 0.1) is 5.46 Å². The molecule has 0 aliphatic rings. The van der Waals surface area contributed by atoms with Crippen LogP contribution in [0.1, 0.15) is 0 Å². The fourth-order valence-electron chi connectivity index (χ4n) is 0. The molecule has 0 aliphatic heterocycles. The van der Waals surface area contributed by atoms with Crippen molar-refractivity contribution in [3.05, 3.63) is 30.8 Å². The zero-order valence-corrected chi connectivity index (χ0v) is 9.24. The van der Waals surface area contributed by atoms with Crippen molar-refractivity contribution in [1.29, 1.82) is 5.46 Å². The van der Waals surface area contributed by atoms with Crippen LogP contribution in [-0.2, 0) is 24.3 Å². The van der Waals surface area contributed by atoms with Gasteiger partial charge in [-0.1, -0.05) is 0 Å². The van der Waals surface area contributed by atoms with Gasteiger partial charge in [0.1, 0.15) is 0 Å². The predicted molar refractivity (Wildman–Crippen MR) is 28.8 cm³/mol. The predicted octanol–water partition coefficient (Wildman–Crippen LogP) is -5.51. The maximum absolute atomic E-state index is 7.25. The molecule has 11 heavy (non-hydrogen) atoms. The molecule has 74 valence electrons. The van der Waals surface area contributed by atoms with Gasteiger partial charge in [0.05, 0.1) is 0 Å². The van der Waals surface area contributed by atoms with Crippen LogP contribution >= 0.6 is 0 Å². The summed E-state index contributed by atoms with van der Waals surface area (Å²) < 4.78 is 7.25. The first kappa shape index (κ1) is 373. The van der Waals surface area contributed by atoms with Gasteiger partial charge in [-0.2, -0.15) is 0 Å². The quantitative estimate of drug-likeness (QED) is 0.310. The maximum Gasteiger partial charge on any atom is 8.00 e. The minimum Gasteiger partial charge on any atom is -1.00 e. The smallest absolute Gasteiger partial charge is 1.00 e. The van der Waals surface area contributed by atoms with E-state index in [4.69, 9.17) is 10.2 Å². The summed E-state index contributed by atoms with van der Waals surface area (Å²) >= 11 is 0. The Bertz CT molecular complexity index is 22.5. The molecular formula is H10Cl3N6ORu+. The first-order valence-electron chi connectivity index (χ1n) is 0.183. The van der Waals surface area contributed by atoms with Crippen molar-refractivity contribution >= 4 is 0 Å². The molecule has 10 N–H and O–H groups in total. The van der Waals surface area contributed by atoms with Crippen LogP contribution in [-0.4, -0.2) is 0 Å². The van der Waals surface area contributed by atoms with E-state index in [0.29, 0.717) is 0 Å². The third-order valence-corrected chi connectivity index (χ3v) is 0. The third kappa shape index (κ3) is 949. The Morgan fingerprint density at radius 3 is 0.545 bits per heavy atom. The molecular weight excluding hydrogens is 307 g/mol. The molecule has 0 radical (unpaired) electrons. The third-order valence-electron chi connectivity index (χ3n) is 0. The van der Waals surface area contributed by atoms with E-state index in [1.54, 1.807) is 0 Å². The zero-order chi connectivity index (χ0) is 2.00. The monoisotopic (exact) mass is 317 g/mol. The Labute approximate surface area is 97.6 Å². The average Bonchev–Trinajstić information content (AvgIpc) is 1.00. The SMILES string of the molecule is N#[O+].[Cl-].[Cl-].[Cl-].[NH2-].[NH2-].[NH2-].[NH2-].[NH2-].[Ru+8]. The number of hydrogen-bond donors (Lipinski definition) is 0. The van der Waals surface area contributed by atoms with E-state index in [1.807, 2.05) is 0 Å². The topological polar surface area (TPSA) is 211 Å². The minimum atomic E-state index is 0. The summed E-state index contributed by atoms with van der Waals surface area (Å²) in [5, 5.41) is 0. The average molecular weight is 318 g/mol. The van der Waals surface area contributed by atoms with E-state index in [-0.39, 0.29) is 87.5 Å². The van der Waals surface area contributed by atoms with Crippen molar-refractivity contribution in [2.75, 3.05) is 0 Å². The number of halogens is 3. The van der Waals surface area contributed by atoms with E-state index < -0.39 is 0 Å². The molecule has 0 amide bonds. The fourth-order valence-corrected chi connectivity index (χ4v) is 0. The Balaban J connectivity index is -0.000000000139. The summed E-state index contributed by atoms with van der Waals surface area (Å²) in [6, 6.07) is 0. The number of rotatable bonds is 0. The minimum absolute atomic E-state index is 0. The molecule has 0 bridgehead atoms. The molecule has 0 aliphatic carbocycles. The standard InChI is InChI=1S/3ClH.NO.5H2N.Ru/c;;;1-2;;;;;;/h3*1H;;5*1H2;/q;;;+1;5*-1;+8/p-3. The molecule has 0 heterocycles. The second kappa shape index (κ2) is 1170. The molecule has 7 nitrogen and oxygen atoms in total. The van der Waals surface area contributed by atoms with Gasteiger partial charge < -0.3 is 68.0 Å². The van der Waals surface area contributed by atoms with Gasteiger partial charge in [-0.3, -0.25) is 0 Å². The molecule has 0 saturated heterocycles. The number of nitrogens with zero attached hydrogens (tertiary/aromatic N) is 1. The second-order valence-electron chi connectivity index (χ2n) is 0. The first-order chi connectivity index (χ1) is 1.00. The first-order valence-corrected chi connectivity index (χ1v) is 0.183. The molecule has 0 spiro atoms. The van der Waals surface area contributed by atoms with Crippen molar-refractivity contribution < 1.29 is 61.5 Å². The molecule has 0 saturated carbocycles. The van der Waals surface area contributed by atoms with Gasteiger partial charge in [0.2, 0.25) is 0 Å². The van der Waals surface area contributed by atoms with E-state index in [2.05, 4.69) is 0 Å². The van der Waals surface area contributed by atoms with Crippen LogP contribution in [0.4, 0.5) is 0 Å². The van der Waals surface area contributed by atoms with Crippen molar-refractivity contribution in [3.63, 3.8) is 0 Å². The molecule has 0 rings (SSSR count). The van der Waals surface area contributed by atoms with Gasteiger partial charge in [-0.25, -0.2) is 0 Å². The van der Waals surface area contributed by atoms with Crippen molar-refractivity contribution in [2.45, 2.75) is 0 Å². The van der Waals surface area contributed by atoms with Crippen molar-refractivity contribution in [2.24, 2.45) is 0 Å². The van der Waals surface area contributed by atoms with E-state index in [1.165, 1.54) is 0 Å². The summed E-state index contributed by atoms with van der Waals surface area (Å²) in [5.41, 5.74) is 5.75. The molecule has 0 fully saturated rings. The summed E-state index contributed by atoms with van der Waals surface area (Å²) in [7, 11) is 0. The molecule has 0 atom stereocenters. The Morgan fingerprint density at radius 2 is 0.545 bits per heavy atom. The van der Waals surface area contributed by atoms with Gasteiger partial charge in [-0.05, 0) is 0 Å². The molecule has 11 heteroatoms. The summed E-state index contributed by atoms with van der Waals surface area (Å²) in [6.07, 6.45) is 0. The summed E-state index contributed by atoms with van der Waals surface area (Å²) in [5.74, 6) is 0. The second-order valence-corrected chi connectivity index (χ2v) is 0. The molecule has 0 unspecified atom stereocenters. The van der Waals surface area contributed by atoms with E-state index >= 15 is 0 Å². The Morgan fingerprint density at radius 1 is 0.545 bits per heavy atom. The van der Waals surface area contributed by atoms with Crippen molar-refractivity contribution in [3.8, 4) is 0 Å². The van der Waals surface area contributed by atoms with Crippen LogP contribution in [0.3, 0.4) is 0 Å². The van der Waals surface area contributed by atoms with Crippen LogP contribution in [0.25, 0.3) is 30.8 Å². The van der Waals surface area contributed by atoms with E-state index in [0.717, 1.165) is 0 Å². The van der Waals surface area contributed by atoms with Gasteiger partial charge in [-0.15, -0.1) is 0 Å². The van der Waals surface area contributed by atoms with Gasteiger partial charge in [0.15, 0.2) is 0 Å². The van der Waals surface area contributed by atoms with Gasteiger partial charge in [0, 0.05) is 0 Å². The van der Waals surface area contributed by atoms with Crippen LogP contribution in [0.15, 0.2) is 0 Å². The van der Waals surface area contributed by atoms with E-state index in [9.17, 15) is 0 Å². The van der Waals surface area contributed by atoms with Crippen LogP contribution in [0.5, 0.6) is 0 Å². The van der Waals surface area contributed by atoms with Gasteiger partial charge >= 0.3 is 29.7 Å².